The van der Waals surface area contributed by atoms with Gasteiger partial charge in [0, 0.05) is 29.7 Å². The molecule has 0 aliphatic rings. The average Bonchev–Trinajstić information content (AvgIpc) is 3.61. The van der Waals surface area contributed by atoms with Crippen LogP contribution >= 0.6 is 0 Å². The summed E-state index contributed by atoms with van der Waals surface area (Å²) in [6.07, 6.45) is 2.23. The predicted octanol–water partition coefficient (Wildman–Crippen LogP) is 8.39. The average molecular weight is 544 g/mol. The maximum atomic E-state index is 11.1. The third kappa shape index (κ3) is 5.34. The number of carboxylic acid groups (broad SMARTS) is 1. The summed E-state index contributed by atoms with van der Waals surface area (Å²) < 4.78 is 13.1. The van der Waals surface area contributed by atoms with Gasteiger partial charge in [0.2, 0.25) is 5.89 Å². The number of fused-ring (bicyclic) bond motifs is 1. The number of aromatic nitrogens is 3. The molecular formula is C34H29N3O4. The molecule has 2 aromatic heterocycles. The van der Waals surface area contributed by atoms with Gasteiger partial charge >= 0.3 is 6.16 Å². The van der Waals surface area contributed by atoms with Crippen molar-refractivity contribution in [2.24, 2.45) is 0 Å². The van der Waals surface area contributed by atoms with Gasteiger partial charge in [-0.2, -0.15) is 0 Å². The molecule has 0 bridgehead atoms. The van der Waals surface area contributed by atoms with E-state index < -0.39 is 6.16 Å². The molecule has 0 atom stereocenters. The van der Waals surface area contributed by atoms with E-state index in [1.807, 2.05) is 54.6 Å². The highest BCUT2D eigenvalue weighted by atomic mass is 16.7. The summed E-state index contributed by atoms with van der Waals surface area (Å²) in [5.74, 6) is 1.94. The zero-order valence-electron chi connectivity index (χ0n) is 22.9. The van der Waals surface area contributed by atoms with Crippen molar-refractivity contribution in [3.05, 3.63) is 114 Å². The lowest BCUT2D eigenvalue weighted by Gasteiger charge is -2.12. The molecule has 0 radical (unpaired) electrons. The fraction of sp³-hybridized carbons (Fsp3) is 0.147. The Morgan fingerprint density at radius 2 is 1.66 bits per heavy atom. The van der Waals surface area contributed by atoms with Crippen LogP contribution in [-0.2, 0) is 13.0 Å². The number of carbonyl (C=O) groups is 1. The molecule has 2 heterocycles. The first-order valence-corrected chi connectivity index (χ1v) is 13.6. The number of hydrogen-bond acceptors (Lipinski definition) is 5. The summed E-state index contributed by atoms with van der Waals surface area (Å²) in [5, 5.41) is 9.11. The van der Waals surface area contributed by atoms with Crippen LogP contribution in [0.2, 0.25) is 0 Å². The smallest absolute Gasteiger partial charge is 0.449 e. The van der Waals surface area contributed by atoms with Crippen LogP contribution in [0, 0.1) is 6.92 Å². The topological polar surface area (TPSA) is 90.4 Å². The van der Waals surface area contributed by atoms with Crippen LogP contribution in [0.5, 0.6) is 5.75 Å². The van der Waals surface area contributed by atoms with Crippen LogP contribution in [-0.4, -0.2) is 25.8 Å². The van der Waals surface area contributed by atoms with Crippen molar-refractivity contribution in [2.75, 3.05) is 0 Å². The first kappa shape index (κ1) is 26.1. The van der Waals surface area contributed by atoms with Crippen molar-refractivity contribution in [3.63, 3.8) is 0 Å². The number of benzene rings is 4. The molecule has 0 spiro atoms. The van der Waals surface area contributed by atoms with Crippen molar-refractivity contribution in [1.29, 1.82) is 0 Å². The lowest BCUT2D eigenvalue weighted by atomic mass is 10.0. The second kappa shape index (κ2) is 11.1. The normalized spacial score (nSPS) is 11.2. The highest BCUT2D eigenvalue weighted by Gasteiger charge is 2.17. The maximum absolute atomic E-state index is 11.1. The van der Waals surface area contributed by atoms with Crippen molar-refractivity contribution in [2.45, 2.75) is 33.2 Å². The van der Waals surface area contributed by atoms with Gasteiger partial charge in [-0.05, 0) is 60.4 Å². The minimum absolute atomic E-state index is 0.310. The molecular weight excluding hydrogens is 514 g/mol. The second-order valence-electron chi connectivity index (χ2n) is 9.99. The zero-order chi connectivity index (χ0) is 28.3. The van der Waals surface area contributed by atoms with E-state index in [4.69, 9.17) is 24.2 Å². The predicted molar refractivity (Wildman–Crippen MR) is 159 cm³/mol. The van der Waals surface area contributed by atoms with Gasteiger partial charge in [-0.3, -0.25) is 0 Å². The Bertz CT molecular complexity index is 1840. The monoisotopic (exact) mass is 543 g/mol. The standard InChI is InChI=1S/C34H29N3O4/c1-3-9-31-36-32-22(2)18-26(28-21-40-33(35-28)25-10-5-4-6-11-25)19-29(32)37(31)20-23-14-16-24(17-15-23)27-12-7-8-13-30(27)41-34(38)39/h4-8,10-19,21H,3,9,20H2,1-2H3,(H,38,39). The van der Waals surface area contributed by atoms with Gasteiger partial charge in [0.05, 0.1) is 11.0 Å². The van der Waals surface area contributed by atoms with Crippen LogP contribution in [0.15, 0.2) is 102 Å². The van der Waals surface area contributed by atoms with Crippen LogP contribution in [0.1, 0.15) is 30.3 Å². The number of hydrogen-bond donors (Lipinski definition) is 1. The number of rotatable bonds is 8. The lowest BCUT2D eigenvalue weighted by molar-refractivity contribution is 0.144. The lowest BCUT2D eigenvalue weighted by Crippen LogP contribution is -2.05. The van der Waals surface area contributed by atoms with E-state index in [0.29, 0.717) is 18.2 Å². The first-order valence-electron chi connectivity index (χ1n) is 13.6. The Labute approximate surface area is 237 Å². The van der Waals surface area contributed by atoms with Crippen LogP contribution in [0.3, 0.4) is 0 Å². The van der Waals surface area contributed by atoms with Gasteiger partial charge in [0.25, 0.3) is 0 Å². The van der Waals surface area contributed by atoms with E-state index in [1.165, 1.54) is 0 Å². The van der Waals surface area contributed by atoms with E-state index >= 15 is 0 Å². The Morgan fingerprint density at radius 1 is 0.902 bits per heavy atom. The summed E-state index contributed by atoms with van der Waals surface area (Å²) in [5.41, 5.74) is 8.55. The van der Waals surface area contributed by atoms with E-state index in [-0.39, 0.29) is 0 Å². The number of para-hydroxylation sites is 1. The fourth-order valence-corrected chi connectivity index (χ4v) is 5.16. The van der Waals surface area contributed by atoms with Crippen molar-refractivity contribution < 1.29 is 19.1 Å². The van der Waals surface area contributed by atoms with Gasteiger partial charge in [-0.25, -0.2) is 14.8 Å². The van der Waals surface area contributed by atoms with Gasteiger partial charge in [-0.1, -0.05) is 67.6 Å². The molecule has 1 N–H and O–H groups in total. The molecule has 0 aliphatic carbocycles. The van der Waals surface area contributed by atoms with E-state index in [2.05, 4.69) is 42.7 Å². The number of nitrogens with zero attached hydrogens (tertiary/aromatic N) is 3. The van der Waals surface area contributed by atoms with Gasteiger partial charge in [0.1, 0.15) is 23.5 Å². The van der Waals surface area contributed by atoms with E-state index in [9.17, 15) is 4.79 Å². The fourth-order valence-electron chi connectivity index (χ4n) is 5.16. The molecule has 0 fully saturated rings. The maximum Gasteiger partial charge on any atom is 0.511 e. The molecule has 4 aromatic carbocycles. The molecule has 204 valence electrons. The number of imidazole rings is 1. The van der Waals surface area contributed by atoms with E-state index in [1.54, 1.807) is 18.4 Å². The largest absolute Gasteiger partial charge is 0.511 e. The molecule has 0 unspecified atom stereocenters. The van der Waals surface area contributed by atoms with Crippen molar-refractivity contribution in [1.82, 2.24) is 14.5 Å². The van der Waals surface area contributed by atoms with Gasteiger partial charge in [0.15, 0.2) is 0 Å². The summed E-state index contributed by atoms with van der Waals surface area (Å²) in [7, 11) is 0. The number of aryl methyl sites for hydroxylation is 2. The Hall–Kier alpha value is -5.17. The number of oxazole rings is 1. The van der Waals surface area contributed by atoms with Gasteiger partial charge in [-0.15, -0.1) is 0 Å². The summed E-state index contributed by atoms with van der Waals surface area (Å²) in [4.78, 5) is 21.0. The molecule has 6 aromatic rings. The molecule has 0 aliphatic heterocycles. The number of ether oxygens (including phenoxy) is 1. The third-order valence-corrected chi connectivity index (χ3v) is 7.11. The van der Waals surface area contributed by atoms with E-state index in [0.717, 1.165) is 68.8 Å². The first-order chi connectivity index (χ1) is 20.0. The summed E-state index contributed by atoms with van der Waals surface area (Å²) in [6.45, 7) is 4.90. The molecule has 0 amide bonds. The van der Waals surface area contributed by atoms with Crippen molar-refractivity contribution >= 4 is 17.2 Å². The highest BCUT2D eigenvalue weighted by molar-refractivity contribution is 5.85. The molecule has 7 nitrogen and oxygen atoms in total. The van der Waals surface area contributed by atoms with Gasteiger partial charge < -0.3 is 18.8 Å². The highest BCUT2D eigenvalue weighted by Crippen LogP contribution is 2.32. The molecule has 0 saturated heterocycles. The van der Waals surface area contributed by atoms with Crippen LogP contribution in [0.25, 0.3) is 44.9 Å². The summed E-state index contributed by atoms with van der Waals surface area (Å²) in [6, 6.07) is 29.4. The van der Waals surface area contributed by atoms with Crippen LogP contribution in [0.4, 0.5) is 4.79 Å². The minimum Gasteiger partial charge on any atom is -0.449 e. The molecule has 7 heteroatoms. The quantitative estimate of drug-likeness (QED) is 0.153. The Morgan fingerprint density at radius 3 is 2.41 bits per heavy atom. The minimum atomic E-state index is -1.33. The zero-order valence-corrected chi connectivity index (χ0v) is 22.9. The Balaban J connectivity index is 1.35. The van der Waals surface area contributed by atoms with Crippen LogP contribution < -0.4 is 4.74 Å². The SMILES string of the molecule is CCCc1nc2c(C)cc(-c3coc(-c4ccccc4)n3)cc2n1Cc1ccc(-c2ccccc2OC(=O)O)cc1. The Kier molecular flexibility index (Phi) is 7.08. The molecule has 41 heavy (non-hydrogen) atoms. The van der Waals surface area contributed by atoms with Crippen molar-refractivity contribution in [3.8, 4) is 39.6 Å². The second-order valence-corrected chi connectivity index (χ2v) is 9.99. The summed E-state index contributed by atoms with van der Waals surface area (Å²) >= 11 is 0. The third-order valence-electron chi connectivity index (χ3n) is 7.11. The molecule has 0 saturated carbocycles. The molecule has 6 rings (SSSR count).